The third-order valence-corrected chi connectivity index (χ3v) is 3.29. The first kappa shape index (κ1) is 14.3. The molecule has 0 bridgehead atoms. The normalized spacial score (nSPS) is 13.3. The lowest BCUT2D eigenvalue weighted by Crippen LogP contribution is -2.41. The van der Waals surface area contributed by atoms with Crippen molar-refractivity contribution < 1.29 is 9.53 Å². The summed E-state index contributed by atoms with van der Waals surface area (Å²) in [5.41, 5.74) is 0.411. The summed E-state index contributed by atoms with van der Waals surface area (Å²) >= 11 is 5.96. The molecule has 0 amide bonds. The number of ether oxygens (including phenoxy) is 1. The van der Waals surface area contributed by atoms with E-state index in [1.165, 1.54) is 7.11 Å². The molecule has 0 aliphatic heterocycles. The van der Waals surface area contributed by atoms with Gasteiger partial charge in [-0.05, 0) is 31.2 Å². The lowest BCUT2D eigenvalue weighted by molar-refractivity contribution is -0.145. The van der Waals surface area contributed by atoms with Gasteiger partial charge in [0.05, 0.1) is 7.11 Å². The highest BCUT2D eigenvalue weighted by molar-refractivity contribution is 6.30. The van der Waals surface area contributed by atoms with Crippen LogP contribution in [0.5, 0.6) is 0 Å². The smallest absolute Gasteiger partial charge is 0.335 e. The number of nitrogens with zero attached hydrogens (tertiary/aromatic N) is 1. The average Bonchev–Trinajstić information content (AvgIpc) is 2.47. The molecule has 0 saturated carbocycles. The third-order valence-electron chi connectivity index (χ3n) is 3.05. The summed E-state index contributed by atoms with van der Waals surface area (Å²) < 4.78 is 4.91. The Labute approximate surface area is 122 Å². The number of anilines is 1. The summed E-state index contributed by atoms with van der Waals surface area (Å²) in [6.45, 7) is 1.75. The number of aromatic nitrogens is 1. The Hall–Kier alpha value is -2.07. The fraction of sp³-hybridized carbons (Fsp3) is 0.200. The van der Waals surface area contributed by atoms with E-state index in [0.717, 1.165) is 5.69 Å². The van der Waals surface area contributed by atoms with Gasteiger partial charge < -0.3 is 10.1 Å². The molecule has 1 N–H and O–H groups in total. The molecular formula is C15H15ClN2O2. The Kier molecular flexibility index (Phi) is 4.25. The number of carbonyl (C=O) groups excluding carboxylic acids is 1. The van der Waals surface area contributed by atoms with Crippen LogP contribution >= 0.6 is 11.6 Å². The van der Waals surface area contributed by atoms with Gasteiger partial charge in [-0.1, -0.05) is 23.7 Å². The van der Waals surface area contributed by atoms with Crippen LogP contribution in [0.25, 0.3) is 0 Å². The van der Waals surface area contributed by atoms with Crippen LogP contribution in [0.2, 0.25) is 5.02 Å². The summed E-state index contributed by atoms with van der Waals surface area (Å²) in [6.07, 6.45) is 3.29. The van der Waals surface area contributed by atoms with Crippen molar-refractivity contribution >= 4 is 23.3 Å². The van der Waals surface area contributed by atoms with Crippen molar-refractivity contribution in [2.75, 3.05) is 12.4 Å². The maximum Gasteiger partial charge on any atom is 0.335 e. The Morgan fingerprint density at radius 1 is 1.35 bits per heavy atom. The maximum atomic E-state index is 12.2. The second-order valence-electron chi connectivity index (χ2n) is 4.49. The van der Waals surface area contributed by atoms with E-state index in [1.807, 2.05) is 18.2 Å². The Balaban J connectivity index is 2.41. The topological polar surface area (TPSA) is 51.2 Å². The first-order valence-electron chi connectivity index (χ1n) is 6.09. The van der Waals surface area contributed by atoms with Gasteiger partial charge in [0, 0.05) is 28.7 Å². The van der Waals surface area contributed by atoms with Crippen molar-refractivity contribution in [3.8, 4) is 0 Å². The van der Waals surface area contributed by atoms with Crippen molar-refractivity contribution in [1.29, 1.82) is 0 Å². The lowest BCUT2D eigenvalue weighted by Gasteiger charge is -2.29. The minimum absolute atomic E-state index is 0.398. The van der Waals surface area contributed by atoms with Crippen LogP contribution in [0.15, 0.2) is 48.8 Å². The van der Waals surface area contributed by atoms with E-state index in [-0.39, 0.29) is 0 Å². The Morgan fingerprint density at radius 2 is 2.15 bits per heavy atom. The number of carbonyl (C=O) groups is 1. The molecular weight excluding hydrogens is 276 g/mol. The van der Waals surface area contributed by atoms with Gasteiger partial charge in [0.25, 0.3) is 0 Å². The molecule has 1 aromatic heterocycles. The van der Waals surface area contributed by atoms with Crippen LogP contribution in [-0.4, -0.2) is 18.1 Å². The van der Waals surface area contributed by atoms with Crippen molar-refractivity contribution in [3.63, 3.8) is 0 Å². The number of rotatable bonds is 4. The summed E-state index contributed by atoms with van der Waals surface area (Å²) in [5, 5.41) is 3.76. The van der Waals surface area contributed by atoms with Crippen LogP contribution in [0.3, 0.4) is 0 Å². The minimum Gasteiger partial charge on any atom is -0.467 e. The van der Waals surface area contributed by atoms with Crippen LogP contribution in [-0.2, 0) is 15.1 Å². The van der Waals surface area contributed by atoms with Gasteiger partial charge >= 0.3 is 5.97 Å². The molecule has 0 aliphatic rings. The molecule has 0 aliphatic carbocycles. The molecule has 4 nitrogen and oxygen atoms in total. The molecule has 5 heteroatoms. The quantitative estimate of drug-likeness (QED) is 0.878. The molecule has 1 heterocycles. The number of hydrogen-bond acceptors (Lipinski definition) is 4. The average molecular weight is 291 g/mol. The number of halogens is 1. The minimum atomic E-state index is -1.03. The van der Waals surface area contributed by atoms with Crippen molar-refractivity contribution in [2.24, 2.45) is 0 Å². The molecule has 1 atom stereocenters. The van der Waals surface area contributed by atoms with Gasteiger partial charge in [0.1, 0.15) is 0 Å². The summed E-state index contributed by atoms with van der Waals surface area (Å²) in [5.74, 6) is -0.398. The van der Waals surface area contributed by atoms with Crippen LogP contribution in [0, 0.1) is 0 Å². The second kappa shape index (κ2) is 5.92. The fourth-order valence-electron chi connectivity index (χ4n) is 1.96. The van der Waals surface area contributed by atoms with Gasteiger partial charge in [-0.2, -0.15) is 0 Å². The zero-order chi connectivity index (χ0) is 14.6. The van der Waals surface area contributed by atoms with Gasteiger partial charge in [0.2, 0.25) is 0 Å². The predicted molar refractivity (Wildman–Crippen MR) is 78.7 cm³/mol. The van der Waals surface area contributed by atoms with Gasteiger partial charge in [-0.25, -0.2) is 4.79 Å². The highest BCUT2D eigenvalue weighted by Gasteiger charge is 2.36. The largest absolute Gasteiger partial charge is 0.467 e. The molecule has 0 radical (unpaired) electrons. The third kappa shape index (κ3) is 2.91. The monoisotopic (exact) mass is 290 g/mol. The van der Waals surface area contributed by atoms with E-state index >= 15 is 0 Å². The van der Waals surface area contributed by atoms with E-state index < -0.39 is 11.5 Å². The predicted octanol–water partition coefficient (Wildman–Crippen LogP) is 3.24. The van der Waals surface area contributed by atoms with Gasteiger partial charge in [0.15, 0.2) is 5.54 Å². The zero-order valence-corrected chi connectivity index (χ0v) is 12.0. The molecule has 104 valence electrons. The van der Waals surface area contributed by atoms with Gasteiger partial charge in [-0.3, -0.25) is 4.98 Å². The van der Waals surface area contributed by atoms with Crippen LogP contribution < -0.4 is 5.32 Å². The molecule has 0 spiro atoms. The molecule has 0 fully saturated rings. The molecule has 1 aromatic carbocycles. The highest BCUT2D eigenvalue weighted by Crippen LogP contribution is 2.28. The highest BCUT2D eigenvalue weighted by atomic mass is 35.5. The zero-order valence-electron chi connectivity index (χ0n) is 11.3. The van der Waals surface area contributed by atoms with Crippen molar-refractivity contribution in [3.05, 3.63) is 59.4 Å². The van der Waals surface area contributed by atoms with Crippen molar-refractivity contribution in [1.82, 2.24) is 4.98 Å². The summed E-state index contributed by atoms with van der Waals surface area (Å²) in [6, 6.07) is 10.8. The number of pyridine rings is 1. The molecule has 2 rings (SSSR count). The first-order chi connectivity index (χ1) is 9.56. The number of benzene rings is 1. The standard InChI is InChI=1S/C15H15ClN2O2/c1-15(14(19)20-2,11-5-4-8-17-10-11)18-13-7-3-6-12(16)9-13/h3-10,18H,1-2H3. The van der Waals surface area contributed by atoms with Gasteiger partial charge in [-0.15, -0.1) is 0 Å². The molecule has 20 heavy (non-hydrogen) atoms. The summed E-state index contributed by atoms with van der Waals surface area (Å²) in [7, 11) is 1.36. The first-order valence-corrected chi connectivity index (χ1v) is 6.47. The molecule has 2 aromatic rings. The van der Waals surface area contributed by atoms with E-state index in [0.29, 0.717) is 10.6 Å². The fourth-order valence-corrected chi connectivity index (χ4v) is 2.15. The number of esters is 1. The Morgan fingerprint density at radius 3 is 2.75 bits per heavy atom. The second-order valence-corrected chi connectivity index (χ2v) is 4.93. The molecule has 0 saturated heterocycles. The lowest BCUT2D eigenvalue weighted by atomic mass is 9.93. The number of hydrogen-bond donors (Lipinski definition) is 1. The van der Waals surface area contributed by atoms with Crippen LogP contribution in [0.1, 0.15) is 12.5 Å². The Bertz CT molecular complexity index is 604. The maximum absolute atomic E-state index is 12.2. The number of methoxy groups -OCH3 is 1. The summed E-state index contributed by atoms with van der Waals surface area (Å²) in [4.78, 5) is 16.2. The number of nitrogens with one attached hydrogen (secondary N) is 1. The van der Waals surface area contributed by atoms with E-state index in [4.69, 9.17) is 16.3 Å². The van der Waals surface area contributed by atoms with Crippen molar-refractivity contribution in [2.45, 2.75) is 12.5 Å². The van der Waals surface area contributed by atoms with E-state index in [2.05, 4.69) is 10.3 Å². The SMILES string of the molecule is COC(=O)C(C)(Nc1cccc(Cl)c1)c1cccnc1. The van der Waals surface area contributed by atoms with E-state index in [9.17, 15) is 4.79 Å². The van der Waals surface area contributed by atoms with Crippen LogP contribution in [0.4, 0.5) is 5.69 Å². The van der Waals surface area contributed by atoms with E-state index in [1.54, 1.807) is 37.5 Å². The molecule has 1 unspecified atom stereocenters.